The molecule has 9 nitrogen and oxygen atoms in total. The summed E-state index contributed by atoms with van der Waals surface area (Å²) in [7, 11) is -3.78. The summed E-state index contributed by atoms with van der Waals surface area (Å²) in [5, 5.41) is 3.18. The molecule has 2 aromatic carbocycles. The van der Waals surface area contributed by atoms with Gasteiger partial charge in [0.15, 0.2) is 13.2 Å². The molecule has 0 aromatic heterocycles. The van der Waals surface area contributed by atoms with Gasteiger partial charge in [0.05, 0.1) is 10.6 Å². The molecule has 0 spiro atoms. The molecule has 0 bridgehead atoms. The highest BCUT2D eigenvalue weighted by atomic mass is 35.5. The maximum atomic E-state index is 13.0. The number of nitrogens with zero attached hydrogens (tertiary/aromatic N) is 2. The number of ether oxygens (including phenoxy) is 2. The molecule has 0 aliphatic carbocycles. The zero-order valence-corrected chi connectivity index (χ0v) is 18.0. The first-order valence-electron chi connectivity index (χ1n) is 9.56. The maximum absolute atomic E-state index is 13.0. The minimum Gasteiger partial charge on any atom is -0.484 e. The first-order valence-corrected chi connectivity index (χ1v) is 11.4. The fourth-order valence-electron chi connectivity index (χ4n) is 3.32. The number of rotatable bonds is 5. The van der Waals surface area contributed by atoms with Crippen LogP contribution in [0, 0.1) is 0 Å². The van der Waals surface area contributed by atoms with Gasteiger partial charge < -0.3 is 19.7 Å². The lowest BCUT2D eigenvalue weighted by atomic mass is 10.2. The van der Waals surface area contributed by atoms with Crippen LogP contribution in [0.15, 0.2) is 47.4 Å². The van der Waals surface area contributed by atoms with Gasteiger partial charge in [-0.05, 0) is 42.5 Å². The van der Waals surface area contributed by atoms with Crippen molar-refractivity contribution in [2.24, 2.45) is 0 Å². The van der Waals surface area contributed by atoms with Gasteiger partial charge >= 0.3 is 0 Å². The van der Waals surface area contributed by atoms with Crippen molar-refractivity contribution in [3.8, 4) is 11.5 Å². The second-order valence-electron chi connectivity index (χ2n) is 7.02. The quantitative estimate of drug-likeness (QED) is 0.718. The van der Waals surface area contributed by atoms with Crippen molar-refractivity contribution in [3.05, 3.63) is 47.5 Å². The topological polar surface area (TPSA) is 105 Å². The minimum absolute atomic E-state index is 0.0582. The summed E-state index contributed by atoms with van der Waals surface area (Å²) in [6.07, 6.45) is 0. The number of piperazine rings is 1. The highest BCUT2D eigenvalue weighted by Crippen LogP contribution is 2.31. The van der Waals surface area contributed by atoms with Gasteiger partial charge in [-0.3, -0.25) is 9.59 Å². The van der Waals surface area contributed by atoms with E-state index < -0.39 is 10.0 Å². The van der Waals surface area contributed by atoms with Crippen molar-refractivity contribution < 1.29 is 27.5 Å². The zero-order chi connectivity index (χ0) is 22.0. The fraction of sp³-hybridized carbons (Fsp3) is 0.300. The van der Waals surface area contributed by atoms with Gasteiger partial charge in [-0.1, -0.05) is 11.6 Å². The first-order chi connectivity index (χ1) is 14.8. The lowest BCUT2D eigenvalue weighted by molar-refractivity contribution is -0.134. The number of halogens is 1. The Balaban J connectivity index is 1.35. The van der Waals surface area contributed by atoms with Crippen molar-refractivity contribution in [2.75, 3.05) is 44.7 Å². The smallest absolute Gasteiger partial charge is 0.262 e. The number of hydrogen-bond donors (Lipinski definition) is 1. The van der Waals surface area contributed by atoms with Gasteiger partial charge in [-0.2, -0.15) is 4.31 Å². The number of benzene rings is 2. The van der Waals surface area contributed by atoms with Crippen LogP contribution in [-0.2, 0) is 19.6 Å². The molecule has 1 fully saturated rings. The molecule has 2 aliphatic rings. The van der Waals surface area contributed by atoms with Gasteiger partial charge in [-0.15, -0.1) is 0 Å². The van der Waals surface area contributed by atoms with E-state index in [-0.39, 0.29) is 56.1 Å². The third-order valence-corrected chi connectivity index (χ3v) is 7.14. The molecular formula is C20H20ClN3O6S. The number of carbonyl (C=O) groups excluding carboxylic acids is 2. The Bertz CT molecular complexity index is 1100. The largest absolute Gasteiger partial charge is 0.484 e. The monoisotopic (exact) mass is 465 g/mol. The molecule has 2 heterocycles. The molecule has 0 saturated carbocycles. The number of hydrogen-bond acceptors (Lipinski definition) is 6. The highest BCUT2D eigenvalue weighted by Gasteiger charge is 2.31. The minimum atomic E-state index is -3.78. The van der Waals surface area contributed by atoms with Crippen LogP contribution in [0.5, 0.6) is 11.5 Å². The average Bonchev–Trinajstić information content (AvgIpc) is 2.78. The van der Waals surface area contributed by atoms with E-state index in [1.807, 2.05) is 0 Å². The standard InChI is InChI=1S/C20H20ClN3O6S/c21-14-1-3-15(4-2-14)29-13-20(26)23-7-9-24(10-8-23)31(27,28)16-5-6-18-17(11-16)22-19(25)12-30-18/h1-6,11H,7-10,12-13H2,(H,22,25). The van der Waals surface area contributed by atoms with Crippen LogP contribution in [0.2, 0.25) is 5.02 Å². The lowest BCUT2D eigenvalue weighted by Crippen LogP contribution is -2.51. The van der Waals surface area contributed by atoms with E-state index in [0.29, 0.717) is 22.2 Å². The van der Waals surface area contributed by atoms with E-state index in [4.69, 9.17) is 21.1 Å². The number of carbonyl (C=O) groups is 2. The van der Waals surface area contributed by atoms with Crippen molar-refractivity contribution in [3.63, 3.8) is 0 Å². The second-order valence-corrected chi connectivity index (χ2v) is 9.40. The Morgan fingerprint density at radius 3 is 2.52 bits per heavy atom. The van der Waals surface area contributed by atoms with Gasteiger partial charge in [0, 0.05) is 31.2 Å². The summed E-state index contributed by atoms with van der Waals surface area (Å²) >= 11 is 5.82. The van der Waals surface area contributed by atoms with E-state index in [2.05, 4.69) is 5.32 Å². The van der Waals surface area contributed by atoms with E-state index in [9.17, 15) is 18.0 Å². The maximum Gasteiger partial charge on any atom is 0.262 e. The summed E-state index contributed by atoms with van der Waals surface area (Å²) in [4.78, 5) is 25.5. The van der Waals surface area contributed by atoms with Crippen LogP contribution in [0.1, 0.15) is 0 Å². The van der Waals surface area contributed by atoms with E-state index in [1.54, 1.807) is 29.2 Å². The molecule has 2 aromatic rings. The third kappa shape index (κ3) is 4.76. The Labute approximate surface area is 184 Å². The van der Waals surface area contributed by atoms with Crippen LogP contribution in [0.4, 0.5) is 5.69 Å². The number of anilines is 1. The van der Waals surface area contributed by atoms with Gasteiger partial charge in [0.1, 0.15) is 11.5 Å². The fourth-order valence-corrected chi connectivity index (χ4v) is 4.89. The Morgan fingerprint density at radius 1 is 1.10 bits per heavy atom. The molecule has 1 saturated heterocycles. The number of sulfonamides is 1. The lowest BCUT2D eigenvalue weighted by Gasteiger charge is -2.34. The molecule has 164 valence electrons. The summed E-state index contributed by atoms with van der Waals surface area (Å²) in [6.45, 7) is 0.597. The molecule has 0 unspecified atom stereocenters. The third-order valence-electron chi connectivity index (χ3n) is 4.99. The molecular weight excluding hydrogens is 446 g/mol. The van der Waals surface area contributed by atoms with Crippen molar-refractivity contribution in [2.45, 2.75) is 4.90 Å². The Kier molecular flexibility index (Phi) is 6.03. The van der Waals surface area contributed by atoms with E-state index in [1.165, 1.54) is 22.5 Å². The molecule has 2 aliphatic heterocycles. The predicted octanol–water partition coefficient (Wildman–Crippen LogP) is 1.58. The van der Waals surface area contributed by atoms with Gasteiger partial charge in [-0.25, -0.2) is 8.42 Å². The molecule has 2 amide bonds. The van der Waals surface area contributed by atoms with Crippen LogP contribution >= 0.6 is 11.6 Å². The van der Waals surface area contributed by atoms with E-state index >= 15 is 0 Å². The highest BCUT2D eigenvalue weighted by molar-refractivity contribution is 7.89. The van der Waals surface area contributed by atoms with Crippen LogP contribution in [0.25, 0.3) is 0 Å². The van der Waals surface area contributed by atoms with Crippen molar-refractivity contribution in [1.29, 1.82) is 0 Å². The van der Waals surface area contributed by atoms with Crippen molar-refractivity contribution >= 4 is 39.1 Å². The van der Waals surface area contributed by atoms with E-state index in [0.717, 1.165) is 0 Å². The van der Waals surface area contributed by atoms with Crippen LogP contribution in [-0.4, -0.2) is 68.8 Å². The van der Waals surface area contributed by atoms with Gasteiger partial charge in [0.25, 0.3) is 11.8 Å². The molecule has 31 heavy (non-hydrogen) atoms. The average molecular weight is 466 g/mol. The van der Waals surface area contributed by atoms with Crippen molar-refractivity contribution in [1.82, 2.24) is 9.21 Å². The number of amides is 2. The van der Waals surface area contributed by atoms with Crippen LogP contribution in [0.3, 0.4) is 0 Å². The molecule has 0 radical (unpaired) electrons. The molecule has 1 N–H and O–H groups in total. The first kappa shape index (κ1) is 21.4. The van der Waals surface area contributed by atoms with Gasteiger partial charge in [0.2, 0.25) is 10.0 Å². The molecule has 11 heteroatoms. The Morgan fingerprint density at radius 2 is 1.81 bits per heavy atom. The summed E-state index contributed by atoms with van der Waals surface area (Å²) < 4.78 is 38.1. The summed E-state index contributed by atoms with van der Waals surface area (Å²) in [5.41, 5.74) is 0.325. The normalized spacial score (nSPS) is 16.8. The molecule has 0 atom stereocenters. The molecule has 4 rings (SSSR count). The predicted molar refractivity (Wildman–Crippen MR) is 113 cm³/mol. The number of fused-ring (bicyclic) bond motifs is 1. The summed E-state index contributed by atoms with van der Waals surface area (Å²) in [5.74, 6) is 0.396. The second kappa shape index (κ2) is 8.74. The SMILES string of the molecule is O=C1COc2ccc(S(=O)(=O)N3CCN(C(=O)COc4ccc(Cl)cc4)CC3)cc2N1. The Hall–Kier alpha value is -2.82. The number of nitrogens with one attached hydrogen (secondary N) is 1. The van der Waals surface area contributed by atoms with Crippen LogP contribution < -0.4 is 14.8 Å². The summed E-state index contributed by atoms with van der Waals surface area (Å²) in [6, 6.07) is 11.0. The zero-order valence-electron chi connectivity index (χ0n) is 16.4.